The maximum absolute atomic E-state index is 13.4. The van der Waals surface area contributed by atoms with E-state index in [0.29, 0.717) is 11.8 Å². The third-order valence-electron chi connectivity index (χ3n) is 3.58. The highest BCUT2D eigenvalue weighted by molar-refractivity contribution is 7.99. The van der Waals surface area contributed by atoms with Crippen LogP contribution in [0.5, 0.6) is 0 Å². The number of benzene rings is 1. The van der Waals surface area contributed by atoms with Crippen LogP contribution in [0.3, 0.4) is 0 Å². The maximum atomic E-state index is 13.4. The number of alkyl halides is 3. The molecular formula is C18H17F4N3O2S. The number of halogens is 4. The molecule has 0 aliphatic rings. The molecule has 10 heteroatoms. The topological polar surface area (TPSA) is 71.1 Å². The molecule has 0 saturated carbocycles. The van der Waals surface area contributed by atoms with Gasteiger partial charge >= 0.3 is 6.18 Å². The van der Waals surface area contributed by atoms with Crippen LogP contribution in [0.1, 0.15) is 21.5 Å². The summed E-state index contributed by atoms with van der Waals surface area (Å²) >= 11 is 0.992. The van der Waals surface area contributed by atoms with Crippen molar-refractivity contribution in [3.05, 3.63) is 59.0 Å². The molecule has 0 saturated heterocycles. The first-order valence-electron chi connectivity index (χ1n) is 8.14. The highest BCUT2D eigenvalue weighted by Gasteiger charge is 2.30. The number of hydrogen-bond acceptors (Lipinski definition) is 4. The summed E-state index contributed by atoms with van der Waals surface area (Å²) in [5, 5.41) is 5.40. The van der Waals surface area contributed by atoms with Crippen molar-refractivity contribution < 1.29 is 27.2 Å². The molecule has 0 atom stereocenters. The molecule has 5 nitrogen and oxygen atoms in total. The van der Waals surface area contributed by atoms with Crippen molar-refractivity contribution in [3.8, 4) is 0 Å². The number of amides is 2. The van der Waals surface area contributed by atoms with E-state index in [1.54, 1.807) is 6.92 Å². The molecule has 0 aliphatic heterocycles. The minimum absolute atomic E-state index is 0.0323. The van der Waals surface area contributed by atoms with Gasteiger partial charge in [0.05, 0.1) is 16.3 Å². The second kappa shape index (κ2) is 9.54. The van der Waals surface area contributed by atoms with Gasteiger partial charge in [0, 0.05) is 24.8 Å². The molecule has 0 fully saturated rings. The number of carbonyl (C=O) groups is 2. The highest BCUT2D eigenvalue weighted by Crippen LogP contribution is 2.29. The Labute approximate surface area is 162 Å². The Kier molecular flexibility index (Phi) is 7.38. The van der Waals surface area contributed by atoms with E-state index < -0.39 is 23.5 Å². The monoisotopic (exact) mass is 415 g/mol. The molecule has 28 heavy (non-hydrogen) atoms. The van der Waals surface area contributed by atoms with Gasteiger partial charge in [-0.3, -0.25) is 9.59 Å². The minimum atomic E-state index is -4.46. The van der Waals surface area contributed by atoms with Gasteiger partial charge in [-0.05, 0) is 36.8 Å². The van der Waals surface area contributed by atoms with Gasteiger partial charge in [-0.1, -0.05) is 17.8 Å². The third-order valence-corrected chi connectivity index (χ3v) is 4.53. The van der Waals surface area contributed by atoms with Crippen LogP contribution in [-0.2, 0) is 11.0 Å². The Morgan fingerprint density at radius 3 is 2.43 bits per heavy atom. The first-order valence-corrected chi connectivity index (χ1v) is 9.12. The zero-order valence-electron chi connectivity index (χ0n) is 14.8. The van der Waals surface area contributed by atoms with E-state index in [0.717, 1.165) is 23.9 Å². The standard InChI is InChI=1S/C18H17F4N3O2S/c1-11-2-3-12(8-14(11)19)17(27)24-7-6-23-15(26)10-28-16-5-4-13(9-25-16)18(20,21)22/h2-5,8-9H,6-7,10H2,1H3,(H,23,26)(H,24,27). The molecule has 2 rings (SSSR count). The van der Waals surface area contributed by atoms with E-state index in [2.05, 4.69) is 15.6 Å². The molecule has 0 radical (unpaired) electrons. The lowest BCUT2D eigenvalue weighted by Crippen LogP contribution is -2.35. The summed E-state index contributed by atoms with van der Waals surface area (Å²) in [7, 11) is 0. The predicted octanol–water partition coefficient (Wildman–Crippen LogP) is 3.19. The van der Waals surface area contributed by atoms with Crippen molar-refractivity contribution in [2.75, 3.05) is 18.8 Å². The molecule has 0 aliphatic carbocycles. The van der Waals surface area contributed by atoms with Crippen LogP contribution in [0.2, 0.25) is 0 Å². The number of aromatic nitrogens is 1. The second-order valence-corrected chi connectivity index (χ2v) is 6.74. The van der Waals surface area contributed by atoms with Gasteiger partial charge in [-0.15, -0.1) is 0 Å². The van der Waals surface area contributed by atoms with Gasteiger partial charge < -0.3 is 10.6 Å². The first-order chi connectivity index (χ1) is 13.2. The first kappa shape index (κ1) is 21.7. The Balaban J connectivity index is 1.68. The van der Waals surface area contributed by atoms with Crippen molar-refractivity contribution in [1.29, 1.82) is 0 Å². The number of nitrogens with zero attached hydrogens (tertiary/aromatic N) is 1. The summed E-state index contributed by atoms with van der Waals surface area (Å²) in [6, 6.07) is 6.23. The van der Waals surface area contributed by atoms with Gasteiger partial charge in [0.2, 0.25) is 5.91 Å². The maximum Gasteiger partial charge on any atom is 0.417 e. The van der Waals surface area contributed by atoms with E-state index in [1.165, 1.54) is 18.2 Å². The van der Waals surface area contributed by atoms with E-state index in [9.17, 15) is 27.2 Å². The van der Waals surface area contributed by atoms with Crippen molar-refractivity contribution in [3.63, 3.8) is 0 Å². The molecule has 1 heterocycles. The lowest BCUT2D eigenvalue weighted by Gasteiger charge is -2.08. The highest BCUT2D eigenvalue weighted by atomic mass is 32.2. The van der Waals surface area contributed by atoms with Gasteiger partial charge in [0.15, 0.2) is 0 Å². The predicted molar refractivity (Wildman–Crippen MR) is 96.4 cm³/mol. The molecule has 0 unspecified atom stereocenters. The largest absolute Gasteiger partial charge is 0.417 e. The molecule has 2 aromatic rings. The van der Waals surface area contributed by atoms with Crippen molar-refractivity contribution >= 4 is 23.6 Å². The number of carbonyl (C=O) groups excluding carboxylic acids is 2. The average Bonchev–Trinajstić information content (AvgIpc) is 2.65. The fraction of sp³-hybridized carbons (Fsp3) is 0.278. The van der Waals surface area contributed by atoms with Crippen LogP contribution >= 0.6 is 11.8 Å². The van der Waals surface area contributed by atoms with Crippen molar-refractivity contribution in [2.45, 2.75) is 18.1 Å². The van der Waals surface area contributed by atoms with Crippen LogP contribution in [0.25, 0.3) is 0 Å². The van der Waals surface area contributed by atoms with Gasteiger partial charge in [0.1, 0.15) is 5.82 Å². The number of hydrogen-bond donors (Lipinski definition) is 2. The normalized spacial score (nSPS) is 11.2. The molecule has 0 bridgehead atoms. The molecule has 2 N–H and O–H groups in total. The number of pyridine rings is 1. The molecule has 2 amide bonds. The van der Waals surface area contributed by atoms with Gasteiger partial charge in [-0.25, -0.2) is 9.37 Å². The molecular weight excluding hydrogens is 398 g/mol. The lowest BCUT2D eigenvalue weighted by atomic mass is 10.1. The lowest BCUT2D eigenvalue weighted by molar-refractivity contribution is -0.137. The van der Waals surface area contributed by atoms with Crippen LogP contribution in [-0.4, -0.2) is 35.6 Å². The number of aryl methyl sites for hydroxylation is 1. The fourth-order valence-corrected chi connectivity index (χ4v) is 2.71. The Hall–Kier alpha value is -2.62. The van der Waals surface area contributed by atoms with Crippen molar-refractivity contribution in [2.24, 2.45) is 0 Å². The quantitative estimate of drug-likeness (QED) is 0.414. The van der Waals surface area contributed by atoms with E-state index >= 15 is 0 Å². The summed E-state index contributed by atoms with van der Waals surface area (Å²) in [5.41, 5.74) is -0.243. The average molecular weight is 415 g/mol. The Bertz CT molecular complexity index is 842. The SMILES string of the molecule is Cc1ccc(C(=O)NCCNC(=O)CSc2ccc(C(F)(F)F)cn2)cc1F. The minimum Gasteiger partial charge on any atom is -0.354 e. The molecule has 0 spiro atoms. The van der Waals surface area contributed by atoms with Crippen LogP contribution in [0.15, 0.2) is 41.6 Å². The van der Waals surface area contributed by atoms with Crippen LogP contribution in [0.4, 0.5) is 17.6 Å². The van der Waals surface area contributed by atoms with E-state index in [1.807, 2.05) is 0 Å². The summed E-state index contributed by atoms with van der Waals surface area (Å²) in [5.74, 6) is -1.33. The van der Waals surface area contributed by atoms with Gasteiger partial charge in [-0.2, -0.15) is 13.2 Å². The van der Waals surface area contributed by atoms with Crippen LogP contribution in [0, 0.1) is 12.7 Å². The molecule has 1 aromatic heterocycles. The summed E-state index contributed by atoms with van der Waals surface area (Å²) in [6.07, 6.45) is -3.74. The second-order valence-electron chi connectivity index (χ2n) is 5.74. The molecule has 1 aromatic carbocycles. The summed E-state index contributed by atoms with van der Waals surface area (Å²) < 4.78 is 50.8. The van der Waals surface area contributed by atoms with E-state index in [4.69, 9.17) is 0 Å². The zero-order valence-corrected chi connectivity index (χ0v) is 15.6. The number of nitrogens with one attached hydrogen (secondary N) is 2. The summed E-state index contributed by atoms with van der Waals surface area (Å²) in [4.78, 5) is 27.3. The smallest absolute Gasteiger partial charge is 0.354 e. The Morgan fingerprint density at radius 2 is 1.82 bits per heavy atom. The Morgan fingerprint density at radius 1 is 1.11 bits per heavy atom. The third kappa shape index (κ3) is 6.52. The van der Waals surface area contributed by atoms with Crippen LogP contribution < -0.4 is 10.6 Å². The number of rotatable bonds is 7. The number of thioether (sulfide) groups is 1. The van der Waals surface area contributed by atoms with Gasteiger partial charge in [0.25, 0.3) is 5.91 Å². The van der Waals surface area contributed by atoms with E-state index in [-0.39, 0.29) is 35.3 Å². The summed E-state index contributed by atoms with van der Waals surface area (Å²) in [6.45, 7) is 1.88. The molecule has 150 valence electrons. The fourth-order valence-electron chi connectivity index (χ4n) is 2.04. The van der Waals surface area contributed by atoms with Crippen molar-refractivity contribution in [1.82, 2.24) is 15.6 Å². The zero-order chi connectivity index (χ0) is 20.7.